The molecule has 7 nitrogen and oxygen atoms in total. The molecule has 1 aromatic carbocycles. The van der Waals surface area contributed by atoms with Crippen molar-refractivity contribution in [3.8, 4) is 5.75 Å². The third-order valence-electron chi connectivity index (χ3n) is 6.79. The number of rotatable bonds is 7. The second kappa shape index (κ2) is 10.6. The van der Waals surface area contributed by atoms with Crippen LogP contribution < -0.4 is 4.74 Å². The number of halogens is 2. The Morgan fingerprint density at radius 1 is 1.26 bits per heavy atom. The molecule has 1 unspecified atom stereocenters. The average Bonchev–Trinajstić information content (AvgIpc) is 3.29. The molecule has 0 bridgehead atoms. The molecular formula is C26H36F2N4O3. The lowest BCUT2D eigenvalue weighted by atomic mass is 9.88. The smallest absolute Gasteiger partial charge is 0.253 e. The van der Waals surface area contributed by atoms with Crippen molar-refractivity contribution in [2.45, 2.75) is 71.3 Å². The summed E-state index contributed by atoms with van der Waals surface area (Å²) in [6, 6.07) is 7.42. The molecule has 1 spiro atoms. The summed E-state index contributed by atoms with van der Waals surface area (Å²) in [5, 5.41) is 4.56. The fraction of sp³-hybridized carbons (Fsp3) is 0.615. The summed E-state index contributed by atoms with van der Waals surface area (Å²) in [6.45, 7) is 10.2. The molecule has 2 aliphatic heterocycles. The second-order valence-electron chi connectivity index (χ2n) is 9.91. The van der Waals surface area contributed by atoms with Crippen molar-refractivity contribution in [3.63, 3.8) is 0 Å². The number of hydrogen-bond acceptors (Lipinski definition) is 5. The topological polar surface area (TPSA) is 59.8 Å². The molecule has 1 aromatic heterocycles. The van der Waals surface area contributed by atoms with Crippen LogP contribution in [0.5, 0.6) is 5.75 Å². The van der Waals surface area contributed by atoms with Crippen molar-refractivity contribution in [2.24, 2.45) is 0 Å². The first kappa shape index (κ1) is 25.6. The molecule has 2 fully saturated rings. The number of hydrogen-bond donors (Lipinski definition) is 0. The number of aromatic nitrogens is 2. The van der Waals surface area contributed by atoms with Crippen LogP contribution in [0.4, 0.5) is 8.78 Å². The minimum Gasteiger partial charge on any atom is -0.491 e. The van der Waals surface area contributed by atoms with Gasteiger partial charge in [0.15, 0.2) is 0 Å². The first-order chi connectivity index (χ1) is 16.7. The molecule has 1 amide bonds. The molecule has 0 N–H and O–H groups in total. The van der Waals surface area contributed by atoms with E-state index in [1.165, 1.54) is 0 Å². The van der Waals surface area contributed by atoms with Crippen LogP contribution in [0.1, 0.15) is 61.3 Å². The quantitative estimate of drug-likeness (QED) is 0.579. The minimum absolute atomic E-state index is 0.0301. The van der Waals surface area contributed by atoms with Crippen LogP contribution in [-0.4, -0.2) is 76.3 Å². The summed E-state index contributed by atoms with van der Waals surface area (Å²) in [6.07, 6.45) is 0.361. The predicted molar refractivity (Wildman–Crippen MR) is 129 cm³/mol. The van der Waals surface area contributed by atoms with E-state index in [-0.39, 0.29) is 24.7 Å². The van der Waals surface area contributed by atoms with Gasteiger partial charge in [0.1, 0.15) is 11.9 Å². The highest BCUT2D eigenvalue weighted by Gasteiger charge is 2.45. The summed E-state index contributed by atoms with van der Waals surface area (Å²) in [5.41, 5.74) is 1.74. The van der Waals surface area contributed by atoms with Gasteiger partial charge >= 0.3 is 0 Å². The maximum atomic E-state index is 13.3. The number of carbonyl (C=O) groups is 1. The number of piperidine rings is 1. The molecule has 0 aliphatic carbocycles. The minimum atomic E-state index is -2.41. The molecular weight excluding hydrogens is 454 g/mol. The highest BCUT2D eigenvalue weighted by Crippen LogP contribution is 2.38. The van der Waals surface area contributed by atoms with Gasteiger partial charge in [0, 0.05) is 44.5 Å². The van der Waals surface area contributed by atoms with E-state index in [4.69, 9.17) is 9.47 Å². The van der Waals surface area contributed by atoms with Crippen molar-refractivity contribution in [2.75, 3.05) is 32.7 Å². The van der Waals surface area contributed by atoms with Gasteiger partial charge in [-0.25, -0.2) is 8.78 Å². The molecule has 2 saturated heterocycles. The van der Waals surface area contributed by atoms with Crippen LogP contribution in [0.3, 0.4) is 0 Å². The highest BCUT2D eigenvalue weighted by molar-refractivity contribution is 5.94. The monoisotopic (exact) mass is 490 g/mol. The van der Waals surface area contributed by atoms with E-state index in [1.54, 1.807) is 11.0 Å². The number of nitrogens with zero attached hydrogens (tertiary/aromatic N) is 4. The third kappa shape index (κ3) is 6.01. The number of ether oxygens (including phenoxy) is 2. The maximum Gasteiger partial charge on any atom is 0.253 e. The summed E-state index contributed by atoms with van der Waals surface area (Å²) in [4.78, 5) is 16.8. The fourth-order valence-electron chi connectivity index (χ4n) is 5.04. The average molecular weight is 491 g/mol. The molecule has 3 heterocycles. The Labute approximate surface area is 206 Å². The van der Waals surface area contributed by atoms with E-state index >= 15 is 0 Å². The van der Waals surface area contributed by atoms with Gasteiger partial charge < -0.3 is 14.4 Å². The van der Waals surface area contributed by atoms with E-state index in [2.05, 4.69) is 5.10 Å². The summed E-state index contributed by atoms with van der Waals surface area (Å²) in [7, 11) is 0. The van der Waals surface area contributed by atoms with Crippen molar-refractivity contribution in [3.05, 3.63) is 47.3 Å². The standard InChI is InChI=1S/C26H36F2N4O3/c1-5-32-11-8-21(29-32)23-15-30(16-24(27)28)17-26(35-23)9-12-31(13-10-26)25(33)20-6-7-22(19(4)14-20)34-18(2)3/h6-8,11,14,18,23-24H,5,9-10,12-13,15-17H2,1-4H3. The molecule has 35 heavy (non-hydrogen) atoms. The van der Waals surface area contributed by atoms with Gasteiger partial charge in [-0.15, -0.1) is 0 Å². The first-order valence-corrected chi connectivity index (χ1v) is 12.5. The number of likely N-dealkylation sites (tertiary alicyclic amines) is 1. The predicted octanol–water partition coefficient (Wildman–Crippen LogP) is 4.31. The van der Waals surface area contributed by atoms with Crippen LogP contribution >= 0.6 is 0 Å². The van der Waals surface area contributed by atoms with Gasteiger partial charge in [-0.2, -0.15) is 5.10 Å². The highest BCUT2D eigenvalue weighted by atomic mass is 19.3. The van der Waals surface area contributed by atoms with E-state index in [0.29, 0.717) is 44.6 Å². The van der Waals surface area contributed by atoms with E-state index in [0.717, 1.165) is 23.6 Å². The SMILES string of the molecule is CCn1ccc(C2CN(CC(F)F)CC3(CCN(C(=O)c4ccc(OC(C)C)c(C)c4)CC3)O2)n1. The van der Waals surface area contributed by atoms with Gasteiger partial charge in [0.25, 0.3) is 12.3 Å². The Hall–Kier alpha value is -2.52. The van der Waals surface area contributed by atoms with Crippen molar-refractivity contribution in [1.29, 1.82) is 0 Å². The van der Waals surface area contributed by atoms with Crippen molar-refractivity contribution >= 4 is 5.91 Å². The molecule has 9 heteroatoms. The van der Waals surface area contributed by atoms with Crippen LogP contribution in [0, 0.1) is 6.92 Å². The molecule has 2 aliphatic rings. The third-order valence-corrected chi connectivity index (χ3v) is 6.79. The van der Waals surface area contributed by atoms with Gasteiger partial charge in [-0.3, -0.25) is 14.4 Å². The summed E-state index contributed by atoms with van der Waals surface area (Å²) >= 11 is 0. The molecule has 1 atom stereocenters. The Balaban J connectivity index is 1.45. The van der Waals surface area contributed by atoms with Gasteiger partial charge in [-0.1, -0.05) is 0 Å². The number of aryl methyl sites for hydroxylation is 2. The Bertz CT molecular complexity index is 1020. The number of alkyl halides is 2. The molecule has 0 saturated carbocycles. The van der Waals surface area contributed by atoms with Crippen LogP contribution in [0.2, 0.25) is 0 Å². The number of carbonyl (C=O) groups excluding carboxylic acids is 1. The van der Waals surface area contributed by atoms with Crippen LogP contribution in [0.25, 0.3) is 0 Å². The van der Waals surface area contributed by atoms with E-state index in [9.17, 15) is 13.6 Å². The van der Waals surface area contributed by atoms with Gasteiger partial charge in [-0.05, 0) is 70.4 Å². The molecule has 0 radical (unpaired) electrons. The second-order valence-corrected chi connectivity index (χ2v) is 9.91. The summed E-state index contributed by atoms with van der Waals surface area (Å²) < 4.78 is 40.7. The lowest BCUT2D eigenvalue weighted by molar-refractivity contribution is -0.181. The number of amides is 1. The molecule has 2 aromatic rings. The summed E-state index contributed by atoms with van der Waals surface area (Å²) in [5.74, 6) is 0.748. The Kier molecular flexibility index (Phi) is 7.76. The normalized spacial score (nSPS) is 20.7. The van der Waals surface area contributed by atoms with E-state index < -0.39 is 12.0 Å². The van der Waals surface area contributed by atoms with Crippen molar-refractivity contribution in [1.82, 2.24) is 19.6 Å². The zero-order valence-electron chi connectivity index (χ0n) is 21.0. The Morgan fingerprint density at radius 2 is 2.00 bits per heavy atom. The van der Waals surface area contributed by atoms with Crippen LogP contribution in [-0.2, 0) is 11.3 Å². The Morgan fingerprint density at radius 3 is 2.60 bits per heavy atom. The molecule has 4 rings (SSSR count). The zero-order chi connectivity index (χ0) is 25.2. The first-order valence-electron chi connectivity index (χ1n) is 12.5. The van der Waals surface area contributed by atoms with E-state index in [1.807, 2.05) is 61.7 Å². The van der Waals surface area contributed by atoms with Crippen molar-refractivity contribution < 1.29 is 23.0 Å². The van der Waals surface area contributed by atoms with Gasteiger partial charge in [0.05, 0.1) is 23.9 Å². The van der Waals surface area contributed by atoms with Gasteiger partial charge in [0.2, 0.25) is 0 Å². The lowest BCUT2D eigenvalue weighted by Crippen LogP contribution is -2.58. The molecule has 192 valence electrons. The lowest BCUT2D eigenvalue weighted by Gasteiger charge is -2.49. The maximum absolute atomic E-state index is 13.3. The fourth-order valence-corrected chi connectivity index (χ4v) is 5.04. The number of benzene rings is 1. The van der Waals surface area contributed by atoms with Crippen LogP contribution in [0.15, 0.2) is 30.5 Å². The largest absolute Gasteiger partial charge is 0.491 e. The zero-order valence-corrected chi connectivity index (χ0v) is 21.0. The number of morpholine rings is 1.